The molecule has 0 saturated carbocycles. The molecular weight excluding hydrogens is 689 g/mol. The minimum atomic E-state index is -4.54. The van der Waals surface area contributed by atoms with Gasteiger partial charge in [0, 0.05) is 37.0 Å². The minimum Gasteiger partial charge on any atom is -0.460 e. The largest absolute Gasteiger partial charge is 0.460 e. The molecule has 5 atom stereocenters. The number of rotatable bonds is 4. The van der Waals surface area contributed by atoms with Gasteiger partial charge < -0.3 is 29.2 Å². The van der Waals surface area contributed by atoms with Crippen LogP contribution in [0.2, 0.25) is 0 Å². The number of carbonyl (C=O) groups is 5. The molecule has 1 aromatic carbocycles. The SMILES string of the molecule is CC1=C[C@@H](O)CC(=O)Cc2nc(co2)C(=O)N2CCC[C@@H]2C(=O)O[C@H]([C@H](C)COC(=O)Nc2ccc(C(F)(F)F)cc2)[C@H](C)/C=C/C(=O)NCC=C1. The minimum absolute atomic E-state index is 0.0227. The molecule has 0 unspecified atom stereocenters. The van der Waals surface area contributed by atoms with Crippen LogP contribution < -0.4 is 10.6 Å². The Morgan fingerprint density at radius 3 is 2.62 bits per heavy atom. The molecule has 0 radical (unpaired) electrons. The number of aliphatic hydroxyl groups excluding tert-OH is 1. The Morgan fingerprint density at radius 1 is 1.17 bits per heavy atom. The Morgan fingerprint density at radius 2 is 1.90 bits per heavy atom. The number of Topliss-reactive ketones (excluding diaryl/α,β-unsaturated/α-hetero) is 1. The number of ketones is 1. The topological polar surface area (TPSA) is 177 Å². The van der Waals surface area contributed by atoms with Crippen molar-refractivity contribution in [2.75, 3.05) is 25.0 Å². The van der Waals surface area contributed by atoms with Gasteiger partial charge in [-0.25, -0.2) is 14.6 Å². The molecule has 1 saturated heterocycles. The number of nitrogens with one attached hydrogen (secondary N) is 2. The highest BCUT2D eigenvalue weighted by molar-refractivity contribution is 5.95. The summed E-state index contributed by atoms with van der Waals surface area (Å²) in [7, 11) is 0. The quantitative estimate of drug-likeness (QED) is 0.371. The summed E-state index contributed by atoms with van der Waals surface area (Å²) in [6.07, 6.45) is 1.46. The maximum atomic E-state index is 13.6. The average Bonchev–Trinajstić information content (AvgIpc) is 3.76. The van der Waals surface area contributed by atoms with Gasteiger partial charge in [0.15, 0.2) is 5.69 Å². The van der Waals surface area contributed by atoms with Gasteiger partial charge in [0.1, 0.15) is 24.2 Å². The molecule has 4 rings (SSSR count). The smallest absolute Gasteiger partial charge is 0.416 e. The number of benzene rings is 1. The van der Waals surface area contributed by atoms with E-state index in [9.17, 15) is 42.3 Å². The molecule has 3 N–H and O–H groups in total. The first-order chi connectivity index (χ1) is 24.6. The summed E-state index contributed by atoms with van der Waals surface area (Å²) in [6, 6.07) is 2.80. The van der Waals surface area contributed by atoms with Gasteiger partial charge in [-0.3, -0.25) is 19.7 Å². The van der Waals surface area contributed by atoms with E-state index in [1.165, 1.54) is 23.1 Å². The van der Waals surface area contributed by atoms with Crippen molar-refractivity contribution in [3.63, 3.8) is 0 Å². The fourth-order valence-corrected chi connectivity index (χ4v) is 5.75. The number of hydrogen-bond acceptors (Lipinski definition) is 10. The summed E-state index contributed by atoms with van der Waals surface area (Å²) in [5.74, 6) is -3.46. The number of nitrogens with zero attached hydrogens (tertiary/aromatic N) is 2. The van der Waals surface area contributed by atoms with E-state index in [4.69, 9.17) is 13.9 Å². The van der Waals surface area contributed by atoms with E-state index in [-0.39, 0.29) is 62.0 Å². The molecule has 16 heteroatoms. The molecule has 13 nitrogen and oxygen atoms in total. The van der Waals surface area contributed by atoms with Gasteiger partial charge in [0.05, 0.1) is 24.7 Å². The predicted molar refractivity (Wildman–Crippen MR) is 180 cm³/mol. The van der Waals surface area contributed by atoms with E-state index in [1.54, 1.807) is 32.9 Å². The fraction of sp³-hybridized carbons (Fsp3) is 0.444. The summed E-state index contributed by atoms with van der Waals surface area (Å²) < 4.78 is 55.3. The van der Waals surface area contributed by atoms with Crippen LogP contribution in [0.4, 0.5) is 23.7 Å². The van der Waals surface area contributed by atoms with E-state index >= 15 is 0 Å². The molecule has 280 valence electrons. The summed E-state index contributed by atoms with van der Waals surface area (Å²) in [6.45, 7) is 5.14. The number of aliphatic hydroxyl groups is 1. The zero-order valence-corrected chi connectivity index (χ0v) is 28.9. The van der Waals surface area contributed by atoms with Crippen LogP contribution in [-0.4, -0.2) is 82.6 Å². The van der Waals surface area contributed by atoms with Crippen LogP contribution in [0.1, 0.15) is 62.0 Å². The molecule has 2 aromatic rings. The number of allylic oxidation sites excluding steroid dienone is 2. The number of cyclic esters (lactones) is 1. The molecule has 0 aliphatic carbocycles. The number of esters is 1. The number of amides is 3. The maximum absolute atomic E-state index is 13.6. The first kappa shape index (κ1) is 39.5. The number of alkyl halides is 3. The van der Waals surface area contributed by atoms with Crippen LogP contribution in [0.3, 0.4) is 0 Å². The van der Waals surface area contributed by atoms with Crippen molar-refractivity contribution in [2.45, 2.75) is 70.9 Å². The number of oxazole rings is 1. The zero-order valence-electron chi connectivity index (χ0n) is 28.9. The summed E-state index contributed by atoms with van der Waals surface area (Å²) >= 11 is 0. The highest BCUT2D eigenvalue weighted by Gasteiger charge is 2.39. The van der Waals surface area contributed by atoms with Crippen molar-refractivity contribution in [2.24, 2.45) is 11.8 Å². The molecule has 0 spiro atoms. The third kappa shape index (κ3) is 11.4. The van der Waals surface area contributed by atoms with Crippen LogP contribution in [0.15, 0.2) is 70.9 Å². The lowest BCUT2D eigenvalue weighted by atomic mass is 9.93. The first-order valence-corrected chi connectivity index (χ1v) is 16.7. The fourth-order valence-electron chi connectivity index (χ4n) is 5.75. The second kappa shape index (κ2) is 17.8. The van der Waals surface area contributed by atoms with Gasteiger partial charge in [0.2, 0.25) is 11.8 Å². The van der Waals surface area contributed by atoms with Crippen molar-refractivity contribution >= 4 is 35.3 Å². The number of halogens is 3. The summed E-state index contributed by atoms with van der Waals surface area (Å²) in [5, 5.41) is 15.4. The number of aromatic nitrogens is 1. The standard InChI is InChI=1S/C36H41F3N4O9/c1-21-6-4-14-40-30(46)13-8-22(2)32(23(3)19-51-35(49)41-25-11-9-24(10-12-25)36(37,38)39)52-34(48)29-7-5-15-43(29)33(47)28-20-50-31(42-28)18-27(45)17-26(44)16-21/h4,6,8-13,16,20,22-23,26,29,32,44H,5,7,14-15,17-19H2,1-3H3,(H,40,46)(H,41,49)/b6-4?,13-8+,21-16?/t22-,23-,26-,29-,32+/m1/s1. The molecule has 2 aliphatic heterocycles. The van der Waals surface area contributed by atoms with Crippen LogP contribution in [-0.2, 0) is 36.5 Å². The average molecular weight is 731 g/mol. The Bertz CT molecular complexity index is 1700. The summed E-state index contributed by atoms with van der Waals surface area (Å²) in [5.41, 5.74) is -0.276. The number of anilines is 1. The third-order valence-electron chi connectivity index (χ3n) is 8.39. The Labute approximate surface area is 297 Å². The van der Waals surface area contributed by atoms with Crippen molar-refractivity contribution in [3.8, 4) is 0 Å². The second-order valence-electron chi connectivity index (χ2n) is 12.7. The van der Waals surface area contributed by atoms with Gasteiger partial charge in [-0.05, 0) is 50.1 Å². The van der Waals surface area contributed by atoms with Gasteiger partial charge >= 0.3 is 18.2 Å². The highest BCUT2D eigenvalue weighted by atomic mass is 19.4. The van der Waals surface area contributed by atoms with Gasteiger partial charge in [-0.1, -0.05) is 43.7 Å². The van der Waals surface area contributed by atoms with E-state index in [1.807, 2.05) is 0 Å². The third-order valence-corrected chi connectivity index (χ3v) is 8.39. The Kier molecular flexibility index (Phi) is 13.5. The number of ether oxygens (including phenoxy) is 2. The van der Waals surface area contributed by atoms with Crippen LogP contribution in [0.5, 0.6) is 0 Å². The maximum Gasteiger partial charge on any atom is 0.416 e. The molecule has 2 bridgehead atoms. The lowest BCUT2D eigenvalue weighted by Crippen LogP contribution is -2.44. The van der Waals surface area contributed by atoms with Gasteiger partial charge in [-0.2, -0.15) is 13.2 Å². The van der Waals surface area contributed by atoms with Crippen molar-refractivity contribution in [1.82, 2.24) is 15.2 Å². The van der Waals surface area contributed by atoms with Crippen LogP contribution >= 0.6 is 0 Å². The molecule has 52 heavy (non-hydrogen) atoms. The first-order valence-electron chi connectivity index (χ1n) is 16.7. The number of carbonyl (C=O) groups excluding carboxylic acids is 5. The molecular formula is C36H41F3N4O9. The zero-order chi connectivity index (χ0) is 38.0. The predicted octanol–water partition coefficient (Wildman–Crippen LogP) is 4.78. The van der Waals surface area contributed by atoms with Crippen LogP contribution in [0.25, 0.3) is 0 Å². The van der Waals surface area contributed by atoms with E-state index in [0.717, 1.165) is 30.5 Å². The van der Waals surface area contributed by atoms with Crippen molar-refractivity contribution in [1.29, 1.82) is 0 Å². The normalized spacial score (nSPS) is 23.9. The number of fused-ring (bicyclic) bond motifs is 3. The van der Waals surface area contributed by atoms with E-state index in [0.29, 0.717) is 12.0 Å². The lowest BCUT2D eigenvalue weighted by molar-refractivity contribution is -0.159. The van der Waals surface area contributed by atoms with Gasteiger partial charge in [0.25, 0.3) is 5.91 Å². The molecule has 3 amide bonds. The van der Waals surface area contributed by atoms with Gasteiger partial charge in [-0.15, -0.1) is 0 Å². The monoisotopic (exact) mass is 730 g/mol. The van der Waals surface area contributed by atoms with E-state index < -0.39 is 65.7 Å². The molecule has 1 aromatic heterocycles. The van der Waals surface area contributed by atoms with Crippen molar-refractivity contribution in [3.05, 3.63) is 83.6 Å². The lowest BCUT2D eigenvalue weighted by Gasteiger charge is -2.30. The van der Waals surface area contributed by atoms with E-state index in [2.05, 4.69) is 15.6 Å². The Balaban J connectivity index is 1.52. The van der Waals surface area contributed by atoms with Crippen molar-refractivity contribution < 1.29 is 56.1 Å². The highest BCUT2D eigenvalue weighted by Crippen LogP contribution is 2.30. The summed E-state index contributed by atoms with van der Waals surface area (Å²) in [4.78, 5) is 70.2. The van der Waals surface area contributed by atoms with Crippen LogP contribution in [0, 0.1) is 11.8 Å². The number of hydrogen-bond donors (Lipinski definition) is 3. The molecule has 3 heterocycles. The Hall–Kier alpha value is -5.25. The molecule has 1 fully saturated rings. The second-order valence-corrected chi connectivity index (χ2v) is 12.7. The molecule has 2 aliphatic rings.